The van der Waals surface area contributed by atoms with Crippen molar-refractivity contribution in [1.29, 1.82) is 0 Å². The van der Waals surface area contributed by atoms with Gasteiger partial charge in [0.25, 0.3) is 5.91 Å². The van der Waals surface area contributed by atoms with Crippen molar-refractivity contribution >= 4 is 11.8 Å². The average molecular weight is 341 g/mol. The van der Waals surface area contributed by atoms with E-state index in [0.717, 1.165) is 0 Å². The molecule has 0 bridgehead atoms. The lowest BCUT2D eigenvalue weighted by Crippen LogP contribution is -2.46. The van der Waals surface area contributed by atoms with Crippen molar-refractivity contribution in [2.45, 2.75) is 18.9 Å². The van der Waals surface area contributed by atoms with Crippen LogP contribution in [0.15, 0.2) is 53.3 Å². The van der Waals surface area contributed by atoms with Crippen LogP contribution in [0.4, 0.5) is 0 Å². The van der Waals surface area contributed by atoms with Gasteiger partial charge in [-0.25, -0.2) is 0 Å². The molecule has 1 aromatic carbocycles. The summed E-state index contributed by atoms with van der Waals surface area (Å²) >= 11 is 0. The van der Waals surface area contributed by atoms with E-state index in [4.69, 9.17) is 10.2 Å². The number of nitrogens with zero attached hydrogens (tertiary/aromatic N) is 1. The monoisotopic (exact) mass is 341 g/mol. The molecule has 0 saturated carbocycles. The van der Waals surface area contributed by atoms with Crippen molar-refractivity contribution in [1.82, 2.24) is 10.2 Å². The first-order chi connectivity index (χ1) is 12.1. The molecule has 6 heteroatoms. The fraction of sp³-hybridized carbons (Fsp3) is 0.368. The molecule has 3 N–H and O–H groups in total. The molecule has 1 fully saturated rings. The first-order valence-electron chi connectivity index (χ1n) is 8.47. The minimum Gasteiger partial charge on any atom is -0.472 e. The third-order valence-electron chi connectivity index (χ3n) is 4.78. The van der Waals surface area contributed by atoms with E-state index in [1.54, 1.807) is 17.9 Å². The first-order valence-corrected chi connectivity index (χ1v) is 8.47. The Hall–Kier alpha value is -2.60. The molecule has 3 atom stereocenters. The Balaban J connectivity index is 1.65. The molecule has 2 heterocycles. The van der Waals surface area contributed by atoms with Crippen LogP contribution in [0.25, 0.3) is 0 Å². The fourth-order valence-electron chi connectivity index (χ4n) is 3.38. The highest BCUT2D eigenvalue weighted by molar-refractivity contribution is 5.97. The highest BCUT2D eigenvalue weighted by Gasteiger charge is 2.36. The SMILES string of the molecule is CC(NC(=O)c1ccoc1)C(=O)N1C[C@@H](CN)[C@H](c2ccccc2)C1. The van der Waals surface area contributed by atoms with Crippen LogP contribution in [0.5, 0.6) is 0 Å². The predicted octanol–water partition coefficient (Wildman–Crippen LogP) is 1.60. The lowest BCUT2D eigenvalue weighted by Gasteiger charge is -2.21. The second-order valence-corrected chi connectivity index (χ2v) is 6.46. The Kier molecular flexibility index (Phi) is 5.19. The van der Waals surface area contributed by atoms with Gasteiger partial charge in [0.15, 0.2) is 0 Å². The van der Waals surface area contributed by atoms with Gasteiger partial charge in [-0.1, -0.05) is 30.3 Å². The van der Waals surface area contributed by atoms with Gasteiger partial charge in [0.05, 0.1) is 11.8 Å². The van der Waals surface area contributed by atoms with E-state index in [1.165, 1.54) is 18.1 Å². The van der Waals surface area contributed by atoms with Crippen molar-refractivity contribution in [2.75, 3.05) is 19.6 Å². The molecular formula is C19H23N3O3. The predicted molar refractivity (Wildman–Crippen MR) is 93.9 cm³/mol. The smallest absolute Gasteiger partial charge is 0.255 e. The van der Waals surface area contributed by atoms with E-state index in [2.05, 4.69) is 17.4 Å². The number of carbonyl (C=O) groups excluding carboxylic acids is 2. The molecule has 2 amide bonds. The van der Waals surface area contributed by atoms with Crippen LogP contribution in [-0.4, -0.2) is 42.4 Å². The third-order valence-corrected chi connectivity index (χ3v) is 4.78. The molecule has 0 aliphatic carbocycles. The zero-order valence-corrected chi connectivity index (χ0v) is 14.2. The number of benzene rings is 1. The van der Waals surface area contributed by atoms with Gasteiger partial charge < -0.3 is 20.4 Å². The molecule has 0 radical (unpaired) electrons. The number of likely N-dealkylation sites (tertiary alicyclic amines) is 1. The van der Waals surface area contributed by atoms with Crippen LogP contribution in [0.1, 0.15) is 28.8 Å². The van der Waals surface area contributed by atoms with Gasteiger partial charge in [0, 0.05) is 19.0 Å². The van der Waals surface area contributed by atoms with Crippen LogP contribution < -0.4 is 11.1 Å². The van der Waals surface area contributed by atoms with Gasteiger partial charge >= 0.3 is 0 Å². The first kappa shape index (κ1) is 17.2. The zero-order valence-electron chi connectivity index (χ0n) is 14.2. The van der Waals surface area contributed by atoms with E-state index in [9.17, 15) is 9.59 Å². The minimum absolute atomic E-state index is 0.0891. The third kappa shape index (κ3) is 3.74. The Morgan fingerprint density at radius 3 is 2.68 bits per heavy atom. The lowest BCUT2D eigenvalue weighted by atomic mass is 9.89. The lowest BCUT2D eigenvalue weighted by molar-refractivity contribution is -0.131. The summed E-state index contributed by atoms with van der Waals surface area (Å²) in [5, 5.41) is 2.73. The molecular weight excluding hydrogens is 318 g/mol. The number of rotatable bonds is 5. The van der Waals surface area contributed by atoms with Gasteiger partial charge in [0.1, 0.15) is 12.3 Å². The van der Waals surface area contributed by atoms with Crippen LogP contribution in [0.2, 0.25) is 0 Å². The van der Waals surface area contributed by atoms with Crippen LogP contribution in [-0.2, 0) is 4.79 Å². The minimum atomic E-state index is -0.602. The van der Waals surface area contributed by atoms with Crippen molar-refractivity contribution in [3.63, 3.8) is 0 Å². The van der Waals surface area contributed by atoms with Crippen LogP contribution >= 0.6 is 0 Å². The van der Waals surface area contributed by atoms with Gasteiger partial charge in [-0.3, -0.25) is 9.59 Å². The molecule has 0 spiro atoms. The Labute approximate surface area is 147 Å². The molecule has 3 rings (SSSR count). The Morgan fingerprint density at radius 1 is 1.28 bits per heavy atom. The van der Waals surface area contributed by atoms with Crippen molar-refractivity contribution < 1.29 is 14.0 Å². The van der Waals surface area contributed by atoms with Crippen LogP contribution in [0.3, 0.4) is 0 Å². The summed E-state index contributed by atoms with van der Waals surface area (Å²) in [5.74, 6) is 0.0487. The van der Waals surface area contributed by atoms with E-state index in [0.29, 0.717) is 25.2 Å². The Bertz CT molecular complexity index is 715. The molecule has 132 valence electrons. The fourth-order valence-corrected chi connectivity index (χ4v) is 3.38. The molecule has 1 aliphatic heterocycles. The molecule has 1 saturated heterocycles. The number of nitrogens with one attached hydrogen (secondary N) is 1. The summed E-state index contributed by atoms with van der Waals surface area (Å²) in [7, 11) is 0. The maximum atomic E-state index is 12.7. The molecule has 2 aromatic rings. The Morgan fingerprint density at radius 2 is 2.04 bits per heavy atom. The summed E-state index contributed by atoms with van der Waals surface area (Å²) in [6, 6.07) is 11.1. The molecule has 25 heavy (non-hydrogen) atoms. The van der Waals surface area contributed by atoms with Gasteiger partial charge in [-0.2, -0.15) is 0 Å². The van der Waals surface area contributed by atoms with Crippen LogP contribution in [0, 0.1) is 5.92 Å². The van der Waals surface area contributed by atoms with Crippen molar-refractivity contribution in [3.8, 4) is 0 Å². The van der Waals surface area contributed by atoms with E-state index >= 15 is 0 Å². The van der Waals surface area contributed by atoms with Gasteiger partial charge in [-0.05, 0) is 31.0 Å². The quantitative estimate of drug-likeness (QED) is 0.864. The number of carbonyl (C=O) groups is 2. The maximum Gasteiger partial charge on any atom is 0.255 e. The molecule has 1 unspecified atom stereocenters. The highest BCUT2D eigenvalue weighted by Crippen LogP contribution is 2.32. The largest absolute Gasteiger partial charge is 0.472 e. The topological polar surface area (TPSA) is 88.6 Å². The molecule has 1 aromatic heterocycles. The summed E-state index contributed by atoms with van der Waals surface area (Å²) < 4.78 is 4.90. The second-order valence-electron chi connectivity index (χ2n) is 6.46. The number of hydrogen-bond acceptors (Lipinski definition) is 4. The molecule has 1 aliphatic rings. The normalized spacial score (nSPS) is 21.1. The zero-order chi connectivity index (χ0) is 17.8. The van der Waals surface area contributed by atoms with Gasteiger partial charge in [-0.15, -0.1) is 0 Å². The average Bonchev–Trinajstić information content (AvgIpc) is 3.31. The highest BCUT2D eigenvalue weighted by atomic mass is 16.3. The van der Waals surface area contributed by atoms with E-state index in [-0.39, 0.29) is 23.7 Å². The second kappa shape index (κ2) is 7.53. The maximum absolute atomic E-state index is 12.7. The van der Waals surface area contributed by atoms with E-state index < -0.39 is 6.04 Å². The van der Waals surface area contributed by atoms with E-state index in [1.807, 2.05) is 18.2 Å². The number of hydrogen-bond donors (Lipinski definition) is 2. The van der Waals surface area contributed by atoms with Crippen molar-refractivity contribution in [2.24, 2.45) is 11.7 Å². The number of nitrogens with two attached hydrogens (primary N) is 1. The number of furan rings is 1. The summed E-state index contributed by atoms with van der Waals surface area (Å²) in [5.41, 5.74) is 7.53. The standard InChI is InChI=1S/C19H23N3O3/c1-13(21-18(23)15-7-8-25-12-15)19(24)22-10-16(9-20)17(11-22)14-5-3-2-4-6-14/h2-8,12-13,16-17H,9-11,20H2,1H3,(H,21,23)/t13?,16-,17+/m1/s1. The summed E-state index contributed by atoms with van der Waals surface area (Å²) in [4.78, 5) is 26.6. The molecule has 6 nitrogen and oxygen atoms in total. The van der Waals surface area contributed by atoms with Crippen molar-refractivity contribution in [3.05, 3.63) is 60.1 Å². The number of amides is 2. The van der Waals surface area contributed by atoms with Gasteiger partial charge in [0.2, 0.25) is 5.91 Å². The summed E-state index contributed by atoms with van der Waals surface area (Å²) in [6.45, 7) is 3.46. The summed E-state index contributed by atoms with van der Waals surface area (Å²) in [6.07, 6.45) is 2.79.